The summed E-state index contributed by atoms with van der Waals surface area (Å²) in [5.41, 5.74) is 0.843. The lowest BCUT2D eigenvalue weighted by Gasteiger charge is -2.27. The maximum Gasteiger partial charge on any atom is 0.415 e. The van der Waals surface area contributed by atoms with Crippen LogP contribution in [-0.2, 0) is 16.6 Å². The Kier molecular flexibility index (Phi) is 8.40. The Labute approximate surface area is 176 Å². The zero-order valence-corrected chi connectivity index (χ0v) is 17.5. The molecule has 162 valence electrons. The molecule has 0 aliphatic carbocycles. The zero-order valence-electron chi connectivity index (χ0n) is 16.7. The van der Waals surface area contributed by atoms with Gasteiger partial charge in [0.1, 0.15) is 11.5 Å². The molecule has 30 heavy (non-hydrogen) atoms. The third-order valence-corrected chi connectivity index (χ3v) is 5.17. The number of carbonyl (C=O) groups excluding carboxylic acids is 1. The van der Waals surface area contributed by atoms with Crippen molar-refractivity contribution in [2.75, 3.05) is 13.2 Å². The van der Waals surface area contributed by atoms with Gasteiger partial charge in [-0.2, -0.15) is 0 Å². The van der Waals surface area contributed by atoms with Gasteiger partial charge in [-0.1, -0.05) is 49.4 Å². The van der Waals surface area contributed by atoms with E-state index in [9.17, 15) is 18.3 Å². The minimum atomic E-state index is -4.20. The van der Waals surface area contributed by atoms with E-state index in [0.29, 0.717) is 6.42 Å². The predicted molar refractivity (Wildman–Crippen MR) is 113 cm³/mol. The normalized spacial score (nSPS) is 12.1. The zero-order chi connectivity index (χ0) is 22.1. The van der Waals surface area contributed by atoms with Crippen molar-refractivity contribution in [3.8, 4) is 11.5 Å². The van der Waals surface area contributed by atoms with Crippen molar-refractivity contribution in [3.05, 3.63) is 66.7 Å². The molecule has 0 unspecified atom stereocenters. The van der Waals surface area contributed by atoms with Crippen molar-refractivity contribution < 1.29 is 27.8 Å². The lowest BCUT2D eigenvalue weighted by Crippen LogP contribution is -2.43. The van der Waals surface area contributed by atoms with Gasteiger partial charge in [0.05, 0.1) is 12.6 Å². The van der Waals surface area contributed by atoms with Gasteiger partial charge in [-0.15, -0.1) is 6.58 Å². The molecule has 1 atom stereocenters. The van der Waals surface area contributed by atoms with E-state index in [0.717, 1.165) is 5.56 Å². The van der Waals surface area contributed by atoms with E-state index in [2.05, 4.69) is 6.58 Å². The number of rotatable bonds is 10. The summed E-state index contributed by atoms with van der Waals surface area (Å²) in [5, 5.41) is 14.8. The highest BCUT2D eigenvalue weighted by atomic mass is 32.2. The first-order valence-electron chi connectivity index (χ1n) is 9.36. The van der Waals surface area contributed by atoms with Gasteiger partial charge >= 0.3 is 6.09 Å². The monoisotopic (exact) mass is 434 g/mol. The highest BCUT2D eigenvalue weighted by Crippen LogP contribution is 2.35. The summed E-state index contributed by atoms with van der Waals surface area (Å²) >= 11 is 0. The van der Waals surface area contributed by atoms with Crippen LogP contribution in [0.25, 0.3) is 0 Å². The second-order valence-corrected chi connectivity index (χ2v) is 7.98. The first-order valence-corrected chi connectivity index (χ1v) is 10.9. The number of ether oxygens (including phenoxy) is 2. The highest BCUT2D eigenvalue weighted by Gasteiger charge is 2.27. The average molecular weight is 435 g/mol. The second-order valence-electron chi connectivity index (χ2n) is 6.45. The minimum absolute atomic E-state index is 0.0503. The predicted octanol–water partition coefficient (Wildman–Crippen LogP) is 2.67. The molecule has 0 fully saturated rings. The van der Waals surface area contributed by atoms with E-state index < -0.39 is 22.2 Å². The molecule has 3 N–H and O–H groups in total. The van der Waals surface area contributed by atoms with Gasteiger partial charge in [-0.05, 0) is 24.1 Å². The molecule has 0 aliphatic heterocycles. The van der Waals surface area contributed by atoms with E-state index in [1.807, 2.05) is 37.3 Å². The largest absolute Gasteiger partial charge is 0.485 e. The molecule has 0 aliphatic rings. The molecular weight excluding hydrogens is 408 g/mol. The summed E-state index contributed by atoms with van der Waals surface area (Å²) in [5.74, 6) is -0.253. The SMILES string of the molecule is C=C[C@H](CO)N(CCC)C(=O)Oc1c(OCc2ccccc2)cccc1S(N)(=O)=O. The van der Waals surface area contributed by atoms with Gasteiger partial charge in [0.25, 0.3) is 0 Å². The topological polar surface area (TPSA) is 119 Å². The van der Waals surface area contributed by atoms with Crippen LogP contribution in [-0.4, -0.2) is 43.7 Å². The summed E-state index contributed by atoms with van der Waals surface area (Å²) in [7, 11) is -4.20. The van der Waals surface area contributed by atoms with Gasteiger partial charge in [-0.25, -0.2) is 18.4 Å². The number of benzene rings is 2. The number of primary sulfonamides is 1. The van der Waals surface area contributed by atoms with E-state index >= 15 is 0 Å². The van der Waals surface area contributed by atoms with Crippen molar-refractivity contribution >= 4 is 16.1 Å². The molecule has 8 nitrogen and oxygen atoms in total. The molecule has 2 aromatic rings. The van der Waals surface area contributed by atoms with Gasteiger partial charge in [-0.3, -0.25) is 4.90 Å². The summed E-state index contributed by atoms with van der Waals surface area (Å²) in [6.07, 6.45) is 1.15. The van der Waals surface area contributed by atoms with Crippen LogP contribution >= 0.6 is 0 Å². The number of amides is 1. The Morgan fingerprint density at radius 2 is 1.93 bits per heavy atom. The number of aliphatic hydroxyl groups is 1. The number of nitrogens with zero attached hydrogens (tertiary/aromatic N) is 1. The van der Waals surface area contributed by atoms with Crippen LogP contribution in [0, 0.1) is 0 Å². The smallest absolute Gasteiger partial charge is 0.415 e. The lowest BCUT2D eigenvalue weighted by molar-refractivity contribution is 0.116. The van der Waals surface area contributed by atoms with E-state index in [1.165, 1.54) is 29.2 Å². The highest BCUT2D eigenvalue weighted by molar-refractivity contribution is 7.89. The first-order chi connectivity index (χ1) is 14.3. The quantitative estimate of drug-likeness (QED) is 0.555. The third-order valence-electron chi connectivity index (χ3n) is 4.23. The Bertz CT molecular complexity index is 963. The molecule has 0 saturated heterocycles. The number of nitrogens with two attached hydrogens (primary N) is 1. The summed E-state index contributed by atoms with van der Waals surface area (Å²) in [6, 6.07) is 12.7. The Morgan fingerprint density at radius 3 is 2.50 bits per heavy atom. The second kappa shape index (κ2) is 10.8. The minimum Gasteiger partial charge on any atom is -0.485 e. The molecule has 2 rings (SSSR count). The average Bonchev–Trinajstić information content (AvgIpc) is 2.73. The van der Waals surface area contributed by atoms with Crippen LogP contribution in [0.1, 0.15) is 18.9 Å². The maximum absolute atomic E-state index is 12.8. The molecule has 1 amide bonds. The Hall–Kier alpha value is -2.88. The number of hydrogen-bond acceptors (Lipinski definition) is 6. The van der Waals surface area contributed by atoms with Crippen LogP contribution in [0.2, 0.25) is 0 Å². The fraction of sp³-hybridized carbons (Fsp3) is 0.286. The molecule has 0 bridgehead atoms. The van der Waals surface area contributed by atoms with Crippen LogP contribution < -0.4 is 14.6 Å². The van der Waals surface area contributed by atoms with Crippen LogP contribution in [0.5, 0.6) is 11.5 Å². The van der Waals surface area contributed by atoms with Gasteiger partial charge in [0.15, 0.2) is 11.5 Å². The molecular formula is C21H26N2O6S. The molecule has 0 saturated carbocycles. The maximum atomic E-state index is 12.8. The fourth-order valence-corrected chi connectivity index (χ4v) is 3.42. The van der Waals surface area contributed by atoms with E-state index in [1.54, 1.807) is 0 Å². The van der Waals surface area contributed by atoms with Crippen LogP contribution in [0.15, 0.2) is 66.1 Å². The number of hydrogen-bond donors (Lipinski definition) is 2. The van der Waals surface area contributed by atoms with Crippen LogP contribution in [0.3, 0.4) is 0 Å². The number of sulfonamides is 1. The molecule has 2 aromatic carbocycles. The Balaban J connectivity index is 2.39. The summed E-state index contributed by atoms with van der Waals surface area (Å²) < 4.78 is 35.3. The van der Waals surface area contributed by atoms with Gasteiger partial charge < -0.3 is 14.6 Å². The van der Waals surface area contributed by atoms with Crippen molar-refractivity contribution in [1.29, 1.82) is 0 Å². The van der Waals surface area contributed by atoms with Crippen molar-refractivity contribution in [3.63, 3.8) is 0 Å². The molecule has 0 spiro atoms. The third kappa shape index (κ3) is 6.06. The molecule has 0 radical (unpaired) electrons. The Morgan fingerprint density at radius 1 is 1.23 bits per heavy atom. The van der Waals surface area contributed by atoms with E-state index in [4.69, 9.17) is 14.6 Å². The van der Waals surface area contributed by atoms with Crippen molar-refractivity contribution in [2.24, 2.45) is 5.14 Å². The fourth-order valence-electron chi connectivity index (χ4n) is 2.75. The van der Waals surface area contributed by atoms with Crippen molar-refractivity contribution in [1.82, 2.24) is 4.90 Å². The number of carbonyl (C=O) groups is 1. The van der Waals surface area contributed by atoms with Crippen molar-refractivity contribution in [2.45, 2.75) is 30.9 Å². The first kappa shape index (κ1) is 23.4. The summed E-state index contributed by atoms with van der Waals surface area (Å²) in [6.45, 7) is 5.51. The van der Waals surface area contributed by atoms with Gasteiger partial charge in [0.2, 0.25) is 10.0 Å². The van der Waals surface area contributed by atoms with Crippen LogP contribution in [0.4, 0.5) is 4.79 Å². The standard InChI is InChI=1S/C21H26N2O6S/c1-3-13-23(17(4-2)14-24)21(25)29-20-18(11-8-12-19(20)30(22,26)27)28-15-16-9-6-5-7-10-16/h4-12,17,24H,2-3,13-15H2,1H3,(H2,22,26,27)/t17-/m1/s1. The molecule has 0 heterocycles. The van der Waals surface area contributed by atoms with Gasteiger partial charge in [0, 0.05) is 6.54 Å². The summed E-state index contributed by atoms with van der Waals surface area (Å²) in [4.78, 5) is 13.7. The number of para-hydroxylation sites is 1. The van der Waals surface area contributed by atoms with E-state index in [-0.39, 0.29) is 36.2 Å². The lowest BCUT2D eigenvalue weighted by atomic mass is 10.2. The molecule has 9 heteroatoms. The molecule has 0 aromatic heterocycles. The number of aliphatic hydroxyl groups excluding tert-OH is 1.